The van der Waals surface area contributed by atoms with Crippen LogP contribution in [-0.4, -0.2) is 15.6 Å². The lowest BCUT2D eigenvalue weighted by Gasteiger charge is -2.21. The van der Waals surface area contributed by atoms with Crippen LogP contribution in [0.15, 0.2) is 6.07 Å². The number of hydrogen-bond acceptors (Lipinski definition) is 2. The van der Waals surface area contributed by atoms with Gasteiger partial charge in [-0.05, 0) is 33.3 Å². The Kier molecular flexibility index (Phi) is 3.32. The van der Waals surface area contributed by atoms with Crippen LogP contribution in [0.2, 0.25) is 0 Å². The molecular formula is C12H20N2O. The number of nitrogens with zero attached hydrogens (tertiary/aromatic N) is 2. The molecule has 0 radical (unpaired) electrons. The lowest BCUT2D eigenvalue weighted by Crippen LogP contribution is -2.26. The SMILES string of the molecule is CCCc1cc(C(C)=O)n(C(C)(C)C)n1. The molecular weight excluding hydrogens is 188 g/mol. The average Bonchev–Trinajstić information content (AvgIpc) is 2.48. The second kappa shape index (κ2) is 4.17. The molecule has 1 aromatic heterocycles. The second-order valence-electron chi connectivity index (χ2n) is 4.91. The van der Waals surface area contributed by atoms with Crippen LogP contribution < -0.4 is 0 Å². The zero-order chi connectivity index (χ0) is 11.6. The number of aryl methyl sites for hydroxylation is 1. The summed E-state index contributed by atoms with van der Waals surface area (Å²) in [4.78, 5) is 11.5. The fourth-order valence-corrected chi connectivity index (χ4v) is 1.57. The number of ketones is 1. The summed E-state index contributed by atoms with van der Waals surface area (Å²) in [6.07, 6.45) is 1.99. The molecule has 3 heteroatoms. The fourth-order valence-electron chi connectivity index (χ4n) is 1.57. The van der Waals surface area contributed by atoms with Gasteiger partial charge in [0.25, 0.3) is 0 Å². The van der Waals surface area contributed by atoms with E-state index in [0.717, 1.165) is 18.5 Å². The van der Waals surface area contributed by atoms with Gasteiger partial charge in [0.05, 0.1) is 11.2 Å². The first-order chi connectivity index (χ1) is 6.86. The number of carbonyl (C=O) groups excluding carboxylic acids is 1. The van der Waals surface area contributed by atoms with E-state index in [2.05, 4.69) is 32.8 Å². The highest BCUT2D eigenvalue weighted by Crippen LogP contribution is 2.18. The Labute approximate surface area is 91.5 Å². The van der Waals surface area contributed by atoms with Gasteiger partial charge in [-0.15, -0.1) is 0 Å². The maximum atomic E-state index is 11.5. The van der Waals surface area contributed by atoms with Gasteiger partial charge in [-0.1, -0.05) is 13.3 Å². The molecule has 0 saturated carbocycles. The third-order valence-corrected chi connectivity index (χ3v) is 2.26. The molecule has 0 saturated heterocycles. The standard InChI is InChI=1S/C12H20N2O/c1-6-7-10-8-11(9(2)15)14(13-10)12(3,4)5/h8H,6-7H2,1-5H3. The van der Waals surface area contributed by atoms with Crippen molar-refractivity contribution < 1.29 is 4.79 Å². The molecule has 0 unspecified atom stereocenters. The zero-order valence-electron chi connectivity index (χ0n) is 10.3. The van der Waals surface area contributed by atoms with Crippen molar-refractivity contribution in [3.05, 3.63) is 17.5 Å². The number of aromatic nitrogens is 2. The molecule has 1 aromatic rings. The van der Waals surface area contributed by atoms with Crippen LogP contribution >= 0.6 is 0 Å². The molecule has 0 aromatic carbocycles. The highest BCUT2D eigenvalue weighted by molar-refractivity contribution is 5.92. The summed E-state index contributed by atoms with van der Waals surface area (Å²) in [5.74, 6) is 0.0831. The van der Waals surface area contributed by atoms with E-state index >= 15 is 0 Å². The fraction of sp³-hybridized carbons (Fsp3) is 0.667. The molecule has 0 aliphatic heterocycles. The van der Waals surface area contributed by atoms with Gasteiger partial charge in [-0.2, -0.15) is 5.10 Å². The highest BCUT2D eigenvalue weighted by Gasteiger charge is 2.21. The first kappa shape index (κ1) is 12.0. The van der Waals surface area contributed by atoms with E-state index in [-0.39, 0.29) is 11.3 Å². The van der Waals surface area contributed by atoms with E-state index in [0.29, 0.717) is 5.69 Å². The van der Waals surface area contributed by atoms with Gasteiger partial charge < -0.3 is 0 Å². The number of Topliss-reactive ketones (excluding diaryl/α,β-unsaturated/α-hetero) is 1. The van der Waals surface area contributed by atoms with Crippen LogP contribution in [0.3, 0.4) is 0 Å². The van der Waals surface area contributed by atoms with E-state index in [4.69, 9.17) is 0 Å². The lowest BCUT2D eigenvalue weighted by molar-refractivity contribution is 0.0996. The minimum atomic E-state index is -0.132. The molecule has 1 rings (SSSR count). The Bertz CT molecular complexity index is 358. The minimum Gasteiger partial charge on any atom is -0.293 e. The van der Waals surface area contributed by atoms with Crippen molar-refractivity contribution in [1.29, 1.82) is 0 Å². The molecule has 0 aliphatic rings. The Hall–Kier alpha value is -1.12. The molecule has 84 valence electrons. The third kappa shape index (κ3) is 2.67. The quantitative estimate of drug-likeness (QED) is 0.716. The molecule has 15 heavy (non-hydrogen) atoms. The van der Waals surface area contributed by atoms with Crippen molar-refractivity contribution in [1.82, 2.24) is 9.78 Å². The van der Waals surface area contributed by atoms with E-state index in [1.54, 1.807) is 6.92 Å². The topological polar surface area (TPSA) is 34.9 Å². The summed E-state index contributed by atoms with van der Waals surface area (Å²) >= 11 is 0. The Morgan fingerprint density at radius 1 is 1.47 bits per heavy atom. The predicted molar refractivity (Wildman–Crippen MR) is 61.2 cm³/mol. The highest BCUT2D eigenvalue weighted by atomic mass is 16.1. The summed E-state index contributed by atoms with van der Waals surface area (Å²) in [5.41, 5.74) is 1.59. The first-order valence-electron chi connectivity index (χ1n) is 5.46. The average molecular weight is 208 g/mol. The van der Waals surface area contributed by atoms with Crippen molar-refractivity contribution >= 4 is 5.78 Å². The summed E-state index contributed by atoms with van der Waals surface area (Å²) in [6.45, 7) is 9.88. The van der Waals surface area contributed by atoms with E-state index in [1.165, 1.54) is 0 Å². The van der Waals surface area contributed by atoms with Crippen molar-refractivity contribution in [3.8, 4) is 0 Å². The molecule has 0 spiro atoms. The normalized spacial score (nSPS) is 11.8. The Morgan fingerprint density at radius 2 is 2.07 bits per heavy atom. The van der Waals surface area contributed by atoms with Crippen molar-refractivity contribution in [3.63, 3.8) is 0 Å². The smallest absolute Gasteiger partial charge is 0.177 e. The molecule has 0 atom stereocenters. The molecule has 0 N–H and O–H groups in total. The minimum absolute atomic E-state index is 0.0831. The maximum absolute atomic E-state index is 11.5. The van der Waals surface area contributed by atoms with Crippen molar-refractivity contribution in [2.75, 3.05) is 0 Å². The number of hydrogen-bond donors (Lipinski definition) is 0. The van der Waals surface area contributed by atoms with Gasteiger partial charge in [0, 0.05) is 6.92 Å². The Balaban J connectivity index is 3.18. The second-order valence-corrected chi connectivity index (χ2v) is 4.91. The van der Waals surface area contributed by atoms with E-state index in [1.807, 2.05) is 10.7 Å². The first-order valence-corrected chi connectivity index (χ1v) is 5.46. The van der Waals surface area contributed by atoms with Crippen molar-refractivity contribution in [2.24, 2.45) is 0 Å². The zero-order valence-corrected chi connectivity index (χ0v) is 10.3. The van der Waals surface area contributed by atoms with Crippen LogP contribution in [-0.2, 0) is 12.0 Å². The number of carbonyl (C=O) groups is 1. The van der Waals surface area contributed by atoms with Crippen molar-refractivity contribution in [2.45, 2.75) is 53.0 Å². The van der Waals surface area contributed by atoms with Crippen LogP contribution in [0.1, 0.15) is 57.2 Å². The van der Waals surface area contributed by atoms with E-state index < -0.39 is 0 Å². The summed E-state index contributed by atoms with van der Waals surface area (Å²) < 4.78 is 1.83. The van der Waals surface area contributed by atoms with Gasteiger partial charge in [0.15, 0.2) is 5.78 Å². The summed E-state index contributed by atoms with van der Waals surface area (Å²) in [7, 11) is 0. The van der Waals surface area contributed by atoms with Crippen LogP contribution in [0.5, 0.6) is 0 Å². The lowest BCUT2D eigenvalue weighted by atomic mass is 10.1. The number of rotatable bonds is 3. The van der Waals surface area contributed by atoms with Gasteiger partial charge >= 0.3 is 0 Å². The summed E-state index contributed by atoms with van der Waals surface area (Å²) in [6, 6.07) is 1.91. The van der Waals surface area contributed by atoms with Gasteiger partial charge in [0.2, 0.25) is 0 Å². The molecule has 0 fully saturated rings. The molecule has 1 heterocycles. The van der Waals surface area contributed by atoms with E-state index in [9.17, 15) is 4.79 Å². The van der Waals surface area contributed by atoms with Gasteiger partial charge in [-0.3, -0.25) is 9.48 Å². The van der Waals surface area contributed by atoms with Gasteiger partial charge in [-0.25, -0.2) is 0 Å². The molecule has 0 aliphatic carbocycles. The van der Waals surface area contributed by atoms with Gasteiger partial charge in [0.1, 0.15) is 5.69 Å². The van der Waals surface area contributed by atoms with Crippen LogP contribution in [0, 0.1) is 0 Å². The predicted octanol–water partition coefficient (Wildman–Crippen LogP) is 2.79. The van der Waals surface area contributed by atoms with Crippen LogP contribution in [0.25, 0.3) is 0 Å². The Morgan fingerprint density at radius 3 is 2.40 bits per heavy atom. The third-order valence-electron chi connectivity index (χ3n) is 2.26. The molecule has 0 bridgehead atoms. The maximum Gasteiger partial charge on any atom is 0.177 e. The molecule has 3 nitrogen and oxygen atoms in total. The summed E-state index contributed by atoms with van der Waals surface area (Å²) in [5, 5.41) is 4.49. The monoisotopic (exact) mass is 208 g/mol. The molecule has 0 amide bonds. The van der Waals surface area contributed by atoms with Crippen LogP contribution in [0.4, 0.5) is 0 Å². The largest absolute Gasteiger partial charge is 0.293 e.